The van der Waals surface area contributed by atoms with E-state index in [9.17, 15) is 24.9 Å². The average molecular weight is 701 g/mol. The van der Waals surface area contributed by atoms with Crippen LogP contribution in [0, 0.1) is 0 Å². The molecule has 1 rings (SSSR count). The van der Waals surface area contributed by atoms with Gasteiger partial charge in [-0.25, -0.2) is 0 Å². The molecule has 1 heterocycles. The van der Waals surface area contributed by atoms with Crippen LogP contribution in [0.3, 0.4) is 0 Å². The summed E-state index contributed by atoms with van der Waals surface area (Å²) >= 11 is 0. The van der Waals surface area contributed by atoms with E-state index in [0.29, 0.717) is 12.8 Å². The van der Waals surface area contributed by atoms with Gasteiger partial charge in [-0.1, -0.05) is 168 Å². The molecule has 0 radical (unpaired) electrons. The maximum absolute atomic E-state index is 12.0. The number of aliphatic hydroxyl groups is 3. The summed E-state index contributed by atoms with van der Waals surface area (Å²) in [5.41, 5.74) is 0. The summed E-state index contributed by atoms with van der Waals surface area (Å²) < 4.78 is 15.6. The molecule has 3 N–H and O–H groups in total. The van der Waals surface area contributed by atoms with E-state index < -0.39 is 31.0 Å². The van der Waals surface area contributed by atoms with E-state index in [1.54, 1.807) is 0 Å². The number of carbonyl (C=O) groups excluding carboxylic acids is 2. The van der Waals surface area contributed by atoms with Gasteiger partial charge in [0.25, 0.3) is 0 Å². The average Bonchev–Trinajstić information content (AvgIpc) is 3.41. The quantitative estimate of drug-likeness (QED) is 0.0468. The van der Waals surface area contributed by atoms with E-state index in [-0.39, 0.29) is 24.6 Å². The van der Waals surface area contributed by atoms with Crippen LogP contribution in [0.2, 0.25) is 0 Å². The van der Waals surface area contributed by atoms with Crippen LogP contribution in [0.5, 0.6) is 0 Å². The topological polar surface area (TPSA) is 123 Å². The largest absolute Gasteiger partial charge is 0.463 e. The Hall–Kier alpha value is -1.22. The van der Waals surface area contributed by atoms with Crippen molar-refractivity contribution in [3.05, 3.63) is 0 Å². The molecule has 0 amide bonds. The maximum Gasteiger partial charge on any atom is 0.306 e. The Labute approximate surface area is 301 Å². The number of ether oxygens (including phenoxy) is 3. The van der Waals surface area contributed by atoms with Gasteiger partial charge >= 0.3 is 11.9 Å². The maximum atomic E-state index is 12.0. The third-order valence-corrected chi connectivity index (χ3v) is 9.36. The fourth-order valence-corrected chi connectivity index (χ4v) is 6.29. The lowest BCUT2D eigenvalue weighted by Gasteiger charge is -2.24. The minimum absolute atomic E-state index is 0.0149. The summed E-state index contributed by atoms with van der Waals surface area (Å²) in [5, 5.41) is 28.7. The monoisotopic (exact) mass is 701 g/mol. The molecule has 0 aromatic heterocycles. The van der Waals surface area contributed by atoms with E-state index in [1.807, 2.05) is 13.8 Å². The third kappa shape index (κ3) is 30.1. The molecule has 1 saturated heterocycles. The number of carbonyl (C=O) groups is 2. The normalized spacial score (nSPS) is 17.9. The Morgan fingerprint density at radius 1 is 0.571 bits per heavy atom. The van der Waals surface area contributed by atoms with Crippen LogP contribution in [-0.4, -0.2) is 71.0 Å². The molecule has 1 aliphatic heterocycles. The summed E-state index contributed by atoms with van der Waals surface area (Å²) in [4.78, 5) is 23.2. The Kier molecular flexibility index (Phi) is 34.3. The van der Waals surface area contributed by atoms with Crippen molar-refractivity contribution in [2.45, 2.75) is 238 Å². The van der Waals surface area contributed by atoms with Crippen molar-refractivity contribution >= 4 is 11.9 Å². The van der Waals surface area contributed by atoms with Gasteiger partial charge in [0.15, 0.2) is 6.10 Å². The fourth-order valence-electron chi connectivity index (χ4n) is 6.29. The number of unbranched alkanes of at least 4 members (excludes halogenated alkanes) is 24. The molecule has 0 aromatic rings. The molecular weight excluding hydrogens is 620 g/mol. The van der Waals surface area contributed by atoms with Gasteiger partial charge in [0, 0.05) is 12.8 Å². The van der Waals surface area contributed by atoms with E-state index in [2.05, 4.69) is 13.8 Å². The van der Waals surface area contributed by atoms with Crippen LogP contribution >= 0.6 is 0 Å². The molecule has 1 aliphatic rings. The summed E-state index contributed by atoms with van der Waals surface area (Å²) in [6, 6.07) is 0. The smallest absolute Gasteiger partial charge is 0.306 e. The Balaban J connectivity index is 0.00000105. The first-order chi connectivity index (χ1) is 23.8. The van der Waals surface area contributed by atoms with Crippen LogP contribution < -0.4 is 0 Å². The molecule has 0 bridgehead atoms. The highest BCUT2D eigenvalue weighted by Crippen LogP contribution is 2.20. The second-order valence-corrected chi connectivity index (χ2v) is 14.6. The Bertz CT molecular complexity index is 730. The van der Waals surface area contributed by atoms with Gasteiger partial charge in [0.1, 0.15) is 18.3 Å². The van der Waals surface area contributed by atoms with Gasteiger partial charge in [-0.05, 0) is 26.7 Å². The lowest BCUT2D eigenvalue weighted by molar-refractivity contribution is -0.162. The highest BCUT2D eigenvalue weighted by atomic mass is 16.6. The van der Waals surface area contributed by atoms with Gasteiger partial charge in [0.2, 0.25) is 0 Å². The van der Waals surface area contributed by atoms with Crippen molar-refractivity contribution in [3.63, 3.8) is 0 Å². The van der Waals surface area contributed by atoms with Gasteiger partial charge in [-0.15, -0.1) is 0 Å². The van der Waals surface area contributed by atoms with Crippen LogP contribution in [0.1, 0.15) is 207 Å². The minimum atomic E-state index is -1.14. The molecular formula is C41H80O8. The molecule has 0 aromatic carbocycles. The van der Waals surface area contributed by atoms with Crippen molar-refractivity contribution in [3.8, 4) is 0 Å². The Morgan fingerprint density at radius 2 is 0.898 bits per heavy atom. The molecule has 1 fully saturated rings. The summed E-state index contributed by atoms with van der Waals surface area (Å²) in [7, 11) is 0. The molecule has 8 heteroatoms. The van der Waals surface area contributed by atoms with Crippen LogP contribution in [0.4, 0.5) is 0 Å². The van der Waals surface area contributed by atoms with Crippen molar-refractivity contribution in [1.82, 2.24) is 0 Å². The van der Waals surface area contributed by atoms with E-state index in [0.717, 1.165) is 25.7 Å². The second-order valence-electron chi connectivity index (χ2n) is 14.6. The predicted octanol–water partition coefficient (Wildman–Crippen LogP) is 9.91. The number of esters is 2. The zero-order valence-corrected chi connectivity index (χ0v) is 32.5. The van der Waals surface area contributed by atoms with E-state index in [1.165, 1.54) is 141 Å². The first kappa shape index (κ1) is 47.8. The van der Waals surface area contributed by atoms with E-state index >= 15 is 0 Å². The molecule has 0 aliphatic carbocycles. The molecule has 8 nitrogen and oxygen atoms in total. The summed E-state index contributed by atoms with van der Waals surface area (Å²) in [6.45, 7) is 7.88. The van der Waals surface area contributed by atoms with Crippen LogP contribution in [0.15, 0.2) is 0 Å². The van der Waals surface area contributed by atoms with E-state index in [4.69, 9.17) is 14.2 Å². The molecule has 0 saturated carbocycles. The van der Waals surface area contributed by atoms with Crippen molar-refractivity contribution < 1.29 is 39.1 Å². The SMILES string of the molecule is CCCCCCCCCCCCCC(=O)OC(C)C.CCCCCCCCCCCCCCCCCC(=O)O[C@H](CO)[C@H]1OC[C@H](O)[C@H]1O. The Morgan fingerprint density at radius 3 is 1.18 bits per heavy atom. The third-order valence-electron chi connectivity index (χ3n) is 9.36. The minimum Gasteiger partial charge on any atom is -0.463 e. The molecule has 0 unspecified atom stereocenters. The van der Waals surface area contributed by atoms with Crippen molar-refractivity contribution in [1.29, 1.82) is 0 Å². The molecule has 292 valence electrons. The first-order valence-corrected chi connectivity index (χ1v) is 20.7. The zero-order valence-electron chi connectivity index (χ0n) is 32.5. The lowest BCUT2D eigenvalue weighted by Crippen LogP contribution is -2.43. The summed E-state index contributed by atoms with van der Waals surface area (Å²) in [6.07, 6.45) is 30.5. The van der Waals surface area contributed by atoms with Gasteiger partial charge in [0.05, 0.1) is 19.3 Å². The fraction of sp³-hybridized carbons (Fsp3) is 0.951. The van der Waals surface area contributed by atoms with Gasteiger partial charge in [-0.2, -0.15) is 0 Å². The van der Waals surface area contributed by atoms with Crippen LogP contribution in [-0.2, 0) is 23.8 Å². The first-order valence-electron chi connectivity index (χ1n) is 20.7. The summed E-state index contributed by atoms with van der Waals surface area (Å²) in [5.74, 6) is -0.424. The predicted molar refractivity (Wildman–Crippen MR) is 201 cm³/mol. The van der Waals surface area contributed by atoms with Crippen LogP contribution in [0.25, 0.3) is 0 Å². The molecule has 0 spiro atoms. The van der Waals surface area contributed by atoms with Gasteiger partial charge in [-0.3, -0.25) is 9.59 Å². The van der Waals surface area contributed by atoms with Crippen molar-refractivity contribution in [2.75, 3.05) is 13.2 Å². The van der Waals surface area contributed by atoms with Crippen molar-refractivity contribution in [2.24, 2.45) is 0 Å². The number of hydrogen-bond acceptors (Lipinski definition) is 8. The van der Waals surface area contributed by atoms with Gasteiger partial charge < -0.3 is 29.5 Å². The zero-order chi connectivity index (χ0) is 36.4. The number of hydrogen-bond donors (Lipinski definition) is 3. The lowest BCUT2D eigenvalue weighted by atomic mass is 10.0. The molecule has 49 heavy (non-hydrogen) atoms. The molecule has 4 atom stereocenters. The number of rotatable bonds is 32. The highest BCUT2D eigenvalue weighted by molar-refractivity contribution is 5.69. The number of aliphatic hydroxyl groups excluding tert-OH is 3. The standard InChI is InChI=1S/C24H46O6.C17H34O2/c1-2-3-4-5-6-7-8-9-10-11-12-13-14-15-16-17-22(27)30-21(18-25)24-23(28)20(26)19-29-24;1-4-5-6-7-8-9-10-11-12-13-14-15-17(18)19-16(2)3/h20-21,23-26,28H,2-19H2,1H3;16H,4-15H2,1-3H3/t20-,21+,23+,24+;/m0./s1. The second kappa shape index (κ2) is 35.2. The highest BCUT2D eigenvalue weighted by Gasteiger charge is 2.41.